The zero-order chi connectivity index (χ0) is 18.2. The fourth-order valence-corrected chi connectivity index (χ4v) is 3.23. The van der Waals surface area contributed by atoms with Crippen LogP contribution in [0.4, 0.5) is 0 Å². The predicted molar refractivity (Wildman–Crippen MR) is 101 cm³/mol. The van der Waals surface area contributed by atoms with Crippen LogP contribution in [0, 0.1) is 0 Å². The summed E-state index contributed by atoms with van der Waals surface area (Å²) < 4.78 is 12.3. The highest BCUT2D eigenvalue weighted by Gasteiger charge is 2.08. The molecule has 0 bridgehead atoms. The van der Waals surface area contributed by atoms with E-state index in [-0.39, 0.29) is 0 Å². The summed E-state index contributed by atoms with van der Waals surface area (Å²) in [5.74, 6) is 2.34. The minimum atomic E-state index is 0.736. The molecule has 7 nitrogen and oxygen atoms in total. The Labute approximate surface area is 156 Å². The van der Waals surface area contributed by atoms with Crippen molar-refractivity contribution in [3.8, 4) is 17.2 Å². The second kappa shape index (κ2) is 9.21. The fraction of sp³-hybridized carbons (Fsp3) is 0.278. The van der Waals surface area contributed by atoms with E-state index in [2.05, 4.69) is 20.8 Å². The molecule has 0 spiro atoms. The fourth-order valence-electron chi connectivity index (χ4n) is 2.44. The average Bonchev–Trinajstić information content (AvgIpc) is 3.16. The molecule has 2 aromatic carbocycles. The number of aromatic nitrogens is 4. The van der Waals surface area contributed by atoms with E-state index in [4.69, 9.17) is 9.47 Å². The van der Waals surface area contributed by atoms with E-state index in [1.165, 1.54) is 0 Å². The van der Waals surface area contributed by atoms with Crippen LogP contribution in [0.25, 0.3) is 5.69 Å². The Bertz CT molecular complexity index is 825. The summed E-state index contributed by atoms with van der Waals surface area (Å²) in [7, 11) is 3.28. The van der Waals surface area contributed by atoms with E-state index in [0.717, 1.165) is 46.7 Å². The predicted octanol–water partition coefficient (Wildman–Crippen LogP) is 2.56. The molecule has 8 heteroatoms. The van der Waals surface area contributed by atoms with Gasteiger partial charge in [0.1, 0.15) is 0 Å². The summed E-state index contributed by atoms with van der Waals surface area (Å²) in [6.45, 7) is 1.59. The van der Waals surface area contributed by atoms with Gasteiger partial charge in [-0.25, -0.2) is 0 Å². The van der Waals surface area contributed by atoms with Crippen LogP contribution >= 0.6 is 11.8 Å². The first-order chi connectivity index (χ1) is 12.8. The van der Waals surface area contributed by atoms with Gasteiger partial charge in [0.15, 0.2) is 11.5 Å². The molecule has 0 saturated carbocycles. The van der Waals surface area contributed by atoms with Gasteiger partial charge in [0.25, 0.3) is 0 Å². The molecule has 3 rings (SSSR count). The molecule has 1 heterocycles. The van der Waals surface area contributed by atoms with Gasteiger partial charge in [-0.05, 0) is 40.3 Å². The van der Waals surface area contributed by atoms with Gasteiger partial charge in [-0.3, -0.25) is 0 Å². The average molecular weight is 371 g/mol. The lowest BCUT2D eigenvalue weighted by atomic mass is 10.2. The molecule has 26 heavy (non-hydrogen) atoms. The third kappa shape index (κ3) is 4.53. The number of hydrogen-bond acceptors (Lipinski definition) is 7. The number of rotatable bonds is 9. The summed E-state index contributed by atoms with van der Waals surface area (Å²) in [5, 5.41) is 16.1. The Morgan fingerprint density at radius 1 is 1.04 bits per heavy atom. The maximum Gasteiger partial charge on any atom is 0.214 e. The van der Waals surface area contributed by atoms with E-state index < -0.39 is 0 Å². The molecule has 0 aliphatic heterocycles. The van der Waals surface area contributed by atoms with Crippen LogP contribution in [-0.4, -0.2) is 46.7 Å². The molecule has 1 aromatic heterocycles. The Kier molecular flexibility index (Phi) is 6.45. The Balaban J connectivity index is 1.48. The highest BCUT2D eigenvalue weighted by atomic mass is 32.2. The highest BCUT2D eigenvalue weighted by Crippen LogP contribution is 2.27. The van der Waals surface area contributed by atoms with E-state index in [1.807, 2.05) is 48.5 Å². The number of thioether (sulfide) groups is 1. The molecular weight excluding hydrogens is 350 g/mol. The smallest absolute Gasteiger partial charge is 0.214 e. The molecule has 3 aromatic rings. The van der Waals surface area contributed by atoms with Crippen molar-refractivity contribution in [1.29, 1.82) is 0 Å². The van der Waals surface area contributed by atoms with Crippen molar-refractivity contribution in [2.24, 2.45) is 0 Å². The highest BCUT2D eigenvalue weighted by molar-refractivity contribution is 7.99. The second-order valence-corrected chi connectivity index (χ2v) is 6.49. The van der Waals surface area contributed by atoms with Gasteiger partial charge in [0, 0.05) is 18.8 Å². The molecule has 0 unspecified atom stereocenters. The van der Waals surface area contributed by atoms with Crippen LogP contribution in [-0.2, 0) is 6.54 Å². The van der Waals surface area contributed by atoms with E-state index in [0.29, 0.717) is 0 Å². The molecule has 0 radical (unpaired) electrons. The minimum absolute atomic E-state index is 0.736. The van der Waals surface area contributed by atoms with Gasteiger partial charge in [0.05, 0.1) is 19.9 Å². The van der Waals surface area contributed by atoms with Crippen molar-refractivity contribution in [2.75, 3.05) is 26.5 Å². The van der Waals surface area contributed by atoms with Gasteiger partial charge >= 0.3 is 0 Å². The van der Waals surface area contributed by atoms with Crippen molar-refractivity contribution in [1.82, 2.24) is 25.5 Å². The molecule has 0 fully saturated rings. The van der Waals surface area contributed by atoms with Gasteiger partial charge in [-0.2, -0.15) is 4.68 Å². The van der Waals surface area contributed by atoms with Crippen LogP contribution in [0.5, 0.6) is 11.5 Å². The largest absolute Gasteiger partial charge is 0.493 e. The van der Waals surface area contributed by atoms with Crippen LogP contribution < -0.4 is 14.8 Å². The van der Waals surface area contributed by atoms with E-state index in [1.54, 1.807) is 30.7 Å². The van der Waals surface area contributed by atoms with Crippen molar-refractivity contribution in [3.63, 3.8) is 0 Å². The molecule has 0 atom stereocenters. The molecule has 136 valence electrons. The standard InChI is InChI=1S/C18H21N5O2S/c1-24-16-9-8-14(12-17(16)25-2)13-19-10-11-26-18-20-21-22-23(18)15-6-4-3-5-7-15/h3-9,12,19H,10-11,13H2,1-2H3. The normalized spacial score (nSPS) is 10.7. The van der Waals surface area contributed by atoms with Gasteiger partial charge in [-0.15, -0.1) is 5.10 Å². The van der Waals surface area contributed by atoms with Gasteiger partial charge in [-0.1, -0.05) is 36.0 Å². The van der Waals surface area contributed by atoms with E-state index >= 15 is 0 Å². The Morgan fingerprint density at radius 2 is 1.85 bits per heavy atom. The first-order valence-corrected chi connectivity index (χ1v) is 9.18. The first-order valence-electron chi connectivity index (χ1n) is 8.20. The lowest BCUT2D eigenvalue weighted by Crippen LogP contribution is -2.16. The summed E-state index contributed by atoms with van der Waals surface area (Å²) >= 11 is 1.62. The van der Waals surface area contributed by atoms with Crippen LogP contribution in [0.15, 0.2) is 53.7 Å². The van der Waals surface area contributed by atoms with Crippen molar-refractivity contribution >= 4 is 11.8 Å². The number of para-hydroxylation sites is 1. The van der Waals surface area contributed by atoms with E-state index in [9.17, 15) is 0 Å². The molecular formula is C18H21N5O2S. The number of nitrogens with one attached hydrogen (secondary N) is 1. The number of nitrogens with zero attached hydrogens (tertiary/aromatic N) is 4. The zero-order valence-electron chi connectivity index (χ0n) is 14.8. The molecule has 0 amide bonds. The van der Waals surface area contributed by atoms with Crippen molar-refractivity contribution in [2.45, 2.75) is 11.7 Å². The lowest BCUT2D eigenvalue weighted by Gasteiger charge is -2.10. The molecule has 0 aliphatic rings. The summed E-state index contributed by atoms with van der Waals surface area (Å²) in [6, 6.07) is 15.8. The number of methoxy groups -OCH3 is 2. The van der Waals surface area contributed by atoms with Crippen LogP contribution in [0.3, 0.4) is 0 Å². The number of hydrogen-bond donors (Lipinski definition) is 1. The Morgan fingerprint density at radius 3 is 2.62 bits per heavy atom. The second-order valence-electron chi connectivity index (χ2n) is 5.42. The van der Waals surface area contributed by atoms with Crippen LogP contribution in [0.1, 0.15) is 5.56 Å². The molecule has 0 saturated heterocycles. The zero-order valence-corrected chi connectivity index (χ0v) is 15.6. The quantitative estimate of drug-likeness (QED) is 0.458. The Hall–Kier alpha value is -2.58. The van der Waals surface area contributed by atoms with Crippen molar-refractivity contribution in [3.05, 3.63) is 54.1 Å². The van der Waals surface area contributed by atoms with Crippen LogP contribution in [0.2, 0.25) is 0 Å². The lowest BCUT2D eigenvalue weighted by molar-refractivity contribution is 0.354. The van der Waals surface area contributed by atoms with Crippen molar-refractivity contribution < 1.29 is 9.47 Å². The maximum absolute atomic E-state index is 5.33. The minimum Gasteiger partial charge on any atom is -0.493 e. The van der Waals surface area contributed by atoms with Gasteiger partial charge in [0.2, 0.25) is 5.16 Å². The summed E-state index contributed by atoms with van der Waals surface area (Å²) in [6.07, 6.45) is 0. The van der Waals surface area contributed by atoms with Gasteiger partial charge < -0.3 is 14.8 Å². The summed E-state index contributed by atoms with van der Waals surface area (Å²) in [4.78, 5) is 0. The molecule has 1 N–H and O–H groups in total. The maximum atomic E-state index is 5.33. The summed E-state index contributed by atoms with van der Waals surface area (Å²) in [5.41, 5.74) is 2.10. The number of benzene rings is 2. The number of ether oxygens (including phenoxy) is 2. The SMILES string of the molecule is COc1ccc(CNCCSc2nnnn2-c2ccccc2)cc1OC. The third-order valence-electron chi connectivity index (χ3n) is 3.73. The topological polar surface area (TPSA) is 74.1 Å². The monoisotopic (exact) mass is 371 g/mol. The third-order valence-corrected chi connectivity index (χ3v) is 4.65. The first kappa shape index (κ1) is 18.2. The number of tetrazole rings is 1. The molecule has 0 aliphatic carbocycles.